The van der Waals surface area contributed by atoms with E-state index in [9.17, 15) is 4.79 Å². The van der Waals surface area contributed by atoms with Crippen LogP contribution in [0.3, 0.4) is 0 Å². The van der Waals surface area contributed by atoms with Gasteiger partial charge >= 0.3 is 0 Å². The van der Waals surface area contributed by atoms with E-state index in [4.69, 9.17) is 0 Å². The molecule has 0 spiro atoms. The Hall–Kier alpha value is -2.22. The number of fused-ring (bicyclic) bond motifs is 1. The van der Waals surface area contributed by atoms with E-state index in [0.717, 1.165) is 50.5 Å². The molecule has 1 N–H and O–H groups in total. The van der Waals surface area contributed by atoms with Crippen molar-refractivity contribution in [1.82, 2.24) is 30.0 Å². The van der Waals surface area contributed by atoms with Crippen LogP contribution in [0.2, 0.25) is 0 Å². The molecule has 2 aromatic rings. The van der Waals surface area contributed by atoms with Gasteiger partial charge in [0.2, 0.25) is 5.91 Å². The molecule has 8 heteroatoms. The van der Waals surface area contributed by atoms with E-state index in [-0.39, 0.29) is 11.9 Å². The van der Waals surface area contributed by atoms with Crippen LogP contribution in [0.15, 0.2) is 18.5 Å². The molecule has 0 aromatic carbocycles. The minimum Gasteiger partial charge on any atom is -0.353 e. The van der Waals surface area contributed by atoms with Crippen molar-refractivity contribution in [2.45, 2.75) is 44.7 Å². The minimum absolute atomic E-state index is 0.0731. The highest BCUT2D eigenvalue weighted by molar-refractivity contribution is 5.81. The molecular weight excluding hydrogens is 318 g/mol. The van der Waals surface area contributed by atoms with Crippen LogP contribution in [0.1, 0.15) is 32.6 Å². The molecule has 2 aromatic heterocycles. The number of aromatic nitrogens is 4. The lowest BCUT2D eigenvalue weighted by atomic mass is 10.2. The van der Waals surface area contributed by atoms with Crippen molar-refractivity contribution in [1.29, 1.82) is 0 Å². The quantitative estimate of drug-likeness (QED) is 0.880. The summed E-state index contributed by atoms with van der Waals surface area (Å²) in [7, 11) is 0. The summed E-state index contributed by atoms with van der Waals surface area (Å²) in [5.74, 6) is 1.10. The van der Waals surface area contributed by atoms with Crippen LogP contribution in [0.5, 0.6) is 0 Å². The van der Waals surface area contributed by atoms with Crippen molar-refractivity contribution in [2.24, 2.45) is 0 Å². The largest absolute Gasteiger partial charge is 0.353 e. The molecule has 2 aliphatic rings. The number of nitrogens with one attached hydrogen (secondary N) is 1. The molecule has 1 saturated carbocycles. The van der Waals surface area contributed by atoms with Crippen LogP contribution in [0, 0.1) is 0 Å². The Kier molecular flexibility index (Phi) is 4.52. The summed E-state index contributed by atoms with van der Waals surface area (Å²) in [5, 5.41) is 15.6. The van der Waals surface area contributed by atoms with Gasteiger partial charge in [0, 0.05) is 32.2 Å². The van der Waals surface area contributed by atoms with Gasteiger partial charge in [0.05, 0.1) is 6.04 Å². The van der Waals surface area contributed by atoms with Gasteiger partial charge in [-0.05, 0) is 31.9 Å². The van der Waals surface area contributed by atoms with Crippen molar-refractivity contribution in [2.75, 3.05) is 31.1 Å². The SMILES string of the molecule is C[C@H](C(=O)NC1CCCC1)N1CCN(c2ccc3nncn3n2)CC1. The highest BCUT2D eigenvalue weighted by Gasteiger charge is 2.28. The zero-order valence-corrected chi connectivity index (χ0v) is 14.6. The van der Waals surface area contributed by atoms with Crippen molar-refractivity contribution in [3.05, 3.63) is 18.5 Å². The van der Waals surface area contributed by atoms with Crippen LogP contribution in [0.25, 0.3) is 5.65 Å². The molecule has 134 valence electrons. The average molecular weight is 343 g/mol. The summed E-state index contributed by atoms with van der Waals surface area (Å²) in [5.41, 5.74) is 0.750. The lowest BCUT2D eigenvalue weighted by Crippen LogP contribution is -2.55. The van der Waals surface area contributed by atoms with Crippen LogP contribution in [-0.2, 0) is 4.79 Å². The zero-order valence-electron chi connectivity index (χ0n) is 14.6. The Morgan fingerprint density at radius 2 is 1.96 bits per heavy atom. The van der Waals surface area contributed by atoms with E-state index in [1.54, 1.807) is 10.8 Å². The number of piperazine rings is 1. The molecule has 0 bridgehead atoms. The second-order valence-corrected chi connectivity index (χ2v) is 7.01. The fourth-order valence-corrected chi connectivity index (χ4v) is 3.78. The van der Waals surface area contributed by atoms with Gasteiger partial charge < -0.3 is 10.2 Å². The van der Waals surface area contributed by atoms with Gasteiger partial charge in [0.1, 0.15) is 12.1 Å². The highest BCUT2D eigenvalue weighted by atomic mass is 16.2. The molecule has 0 radical (unpaired) electrons. The number of anilines is 1. The Morgan fingerprint density at radius 3 is 2.72 bits per heavy atom. The number of carbonyl (C=O) groups is 1. The number of hydrogen-bond acceptors (Lipinski definition) is 6. The van der Waals surface area contributed by atoms with Crippen LogP contribution in [-0.4, -0.2) is 68.9 Å². The predicted molar refractivity (Wildman–Crippen MR) is 94.4 cm³/mol. The fraction of sp³-hybridized carbons (Fsp3) is 0.647. The lowest BCUT2D eigenvalue weighted by Gasteiger charge is -2.38. The molecule has 25 heavy (non-hydrogen) atoms. The summed E-state index contributed by atoms with van der Waals surface area (Å²) in [4.78, 5) is 17.0. The lowest BCUT2D eigenvalue weighted by molar-refractivity contribution is -0.126. The summed E-state index contributed by atoms with van der Waals surface area (Å²) in [6.07, 6.45) is 6.35. The number of hydrogen-bond donors (Lipinski definition) is 1. The van der Waals surface area contributed by atoms with Crippen molar-refractivity contribution >= 4 is 17.4 Å². The molecule has 1 amide bonds. The molecule has 0 unspecified atom stereocenters. The summed E-state index contributed by atoms with van der Waals surface area (Å²) in [6.45, 7) is 5.47. The first-order chi connectivity index (χ1) is 12.2. The third-order valence-corrected chi connectivity index (χ3v) is 5.41. The fourth-order valence-electron chi connectivity index (χ4n) is 3.78. The van der Waals surface area contributed by atoms with Gasteiger partial charge in [-0.25, -0.2) is 0 Å². The van der Waals surface area contributed by atoms with E-state index >= 15 is 0 Å². The van der Waals surface area contributed by atoms with Crippen molar-refractivity contribution in [3.63, 3.8) is 0 Å². The molecule has 4 rings (SSSR count). The van der Waals surface area contributed by atoms with Crippen LogP contribution >= 0.6 is 0 Å². The standard InChI is InChI=1S/C17H25N7O/c1-13(17(25)19-14-4-2-3-5-14)22-8-10-23(11-9-22)16-7-6-15-20-18-12-24(15)21-16/h6-7,12-14H,2-5,8-11H2,1H3,(H,19,25)/t13-/m1/s1. The van der Waals surface area contributed by atoms with E-state index < -0.39 is 0 Å². The monoisotopic (exact) mass is 343 g/mol. The van der Waals surface area contributed by atoms with E-state index in [1.807, 2.05) is 19.1 Å². The van der Waals surface area contributed by atoms with E-state index in [0.29, 0.717) is 6.04 Å². The number of carbonyl (C=O) groups excluding carboxylic acids is 1. The Balaban J connectivity index is 1.33. The maximum Gasteiger partial charge on any atom is 0.237 e. The van der Waals surface area contributed by atoms with Gasteiger partial charge in [0.25, 0.3) is 0 Å². The van der Waals surface area contributed by atoms with Gasteiger partial charge in [-0.2, -0.15) is 4.52 Å². The van der Waals surface area contributed by atoms with E-state index in [2.05, 4.69) is 30.4 Å². The third kappa shape index (κ3) is 3.44. The molecule has 2 fully saturated rings. The molecule has 8 nitrogen and oxygen atoms in total. The maximum absolute atomic E-state index is 12.5. The highest BCUT2D eigenvalue weighted by Crippen LogP contribution is 2.19. The van der Waals surface area contributed by atoms with Gasteiger partial charge in [-0.15, -0.1) is 15.3 Å². The number of rotatable bonds is 4. The molecule has 1 atom stereocenters. The maximum atomic E-state index is 12.5. The third-order valence-electron chi connectivity index (χ3n) is 5.41. The first-order valence-corrected chi connectivity index (χ1v) is 9.17. The predicted octanol–water partition coefficient (Wildman–Crippen LogP) is 0.694. The van der Waals surface area contributed by atoms with Crippen LogP contribution < -0.4 is 10.2 Å². The Labute approximate surface area is 147 Å². The molecule has 1 aliphatic heterocycles. The molecular formula is C17H25N7O. The Morgan fingerprint density at radius 1 is 1.20 bits per heavy atom. The second-order valence-electron chi connectivity index (χ2n) is 7.01. The van der Waals surface area contributed by atoms with Crippen LogP contribution in [0.4, 0.5) is 5.82 Å². The zero-order chi connectivity index (χ0) is 17.2. The summed E-state index contributed by atoms with van der Waals surface area (Å²) < 4.78 is 1.69. The average Bonchev–Trinajstić information content (AvgIpc) is 3.32. The molecule has 1 saturated heterocycles. The smallest absolute Gasteiger partial charge is 0.237 e. The summed E-state index contributed by atoms with van der Waals surface area (Å²) >= 11 is 0. The first-order valence-electron chi connectivity index (χ1n) is 9.17. The van der Waals surface area contributed by atoms with E-state index in [1.165, 1.54) is 12.8 Å². The first kappa shape index (κ1) is 16.3. The van der Waals surface area contributed by atoms with Gasteiger partial charge in [-0.1, -0.05) is 12.8 Å². The molecule has 1 aliphatic carbocycles. The number of amides is 1. The van der Waals surface area contributed by atoms with Crippen molar-refractivity contribution < 1.29 is 4.79 Å². The minimum atomic E-state index is -0.0731. The topological polar surface area (TPSA) is 78.7 Å². The Bertz CT molecular complexity index is 731. The summed E-state index contributed by atoms with van der Waals surface area (Å²) in [6, 6.07) is 4.22. The second kappa shape index (κ2) is 6.95. The van der Waals surface area contributed by atoms with Crippen molar-refractivity contribution in [3.8, 4) is 0 Å². The normalized spacial score (nSPS) is 20.9. The molecule has 3 heterocycles. The number of nitrogens with zero attached hydrogens (tertiary/aromatic N) is 6. The van der Waals surface area contributed by atoms with Gasteiger partial charge in [-0.3, -0.25) is 9.69 Å². The van der Waals surface area contributed by atoms with Gasteiger partial charge in [0.15, 0.2) is 5.65 Å².